The largest absolute Gasteiger partial charge is 0.353 e. The van der Waals surface area contributed by atoms with Crippen LogP contribution in [0.5, 0.6) is 0 Å². The van der Waals surface area contributed by atoms with Gasteiger partial charge in [-0.25, -0.2) is 0 Å². The lowest BCUT2D eigenvalue weighted by molar-refractivity contribution is -0.122. The number of rotatable bonds is 5. The molecule has 1 amide bonds. The molecule has 3 unspecified atom stereocenters. The van der Waals surface area contributed by atoms with Gasteiger partial charge in [0.05, 0.1) is 0 Å². The molecule has 1 aromatic carbocycles. The van der Waals surface area contributed by atoms with E-state index in [1.165, 1.54) is 0 Å². The topological polar surface area (TPSA) is 72.2 Å². The normalized spacial score (nSPS) is 15.8. The van der Waals surface area contributed by atoms with Gasteiger partial charge >= 0.3 is 0 Å². The van der Waals surface area contributed by atoms with E-state index in [2.05, 4.69) is 5.32 Å². The Kier molecular flexibility index (Phi) is 5.50. The molecule has 1 rings (SSSR count). The molecular weight excluding hydrogens is 248 g/mol. The van der Waals surface area contributed by atoms with E-state index >= 15 is 0 Å². The third-order valence-electron chi connectivity index (χ3n) is 2.85. The van der Waals surface area contributed by atoms with E-state index in [1.54, 1.807) is 6.26 Å². The van der Waals surface area contributed by atoms with Crippen LogP contribution in [0.3, 0.4) is 0 Å². The molecule has 0 aliphatic heterocycles. The number of nitrogens with one attached hydrogen (secondary N) is 1. The van der Waals surface area contributed by atoms with Crippen LogP contribution in [0.2, 0.25) is 0 Å². The van der Waals surface area contributed by atoms with Crippen LogP contribution in [-0.4, -0.2) is 28.2 Å². The molecular formula is C13H20N2O2S. The van der Waals surface area contributed by atoms with Crippen molar-refractivity contribution in [3.8, 4) is 0 Å². The average Bonchev–Trinajstić information content (AvgIpc) is 2.35. The minimum atomic E-state index is -0.943. The van der Waals surface area contributed by atoms with Crippen molar-refractivity contribution in [1.82, 2.24) is 5.32 Å². The molecule has 100 valence electrons. The van der Waals surface area contributed by atoms with Crippen molar-refractivity contribution in [3.05, 3.63) is 35.4 Å². The van der Waals surface area contributed by atoms with Crippen LogP contribution in [0.15, 0.2) is 24.3 Å². The molecule has 4 nitrogen and oxygen atoms in total. The van der Waals surface area contributed by atoms with Crippen LogP contribution in [0.1, 0.15) is 24.1 Å². The molecule has 0 aliphatic rings. The number of carbonyl (C=O) groups excluding carboxylic acids is 1. The second-order valence-corrected chi connectivity index (χ2v) is 6.24. The molecule has 0 heterocycles. The van der Waals surface area contributed by atoms with Gasteiger partial charge in [0, 0.05) is 28.9 Å². The molecule has 0 radical (unpaired) electrons. The highest BCUT2D eigenvalue weighted by atomic mass is 32.2. The summed E-state index contributed by atoms with van der Waals surface area (Å²) in [5, 5.41) is 2.65. The quantitative estimate of drug-likeness (QED) is 0.832. The average molecular weight is 268 g/mol. The first kappa shape index (κ1) is 14.9. The molecule has 5 heteroatoms. The first-order chi connectivity index (χ1) is 8.41. The molecule has 18 heavy (non-hydrogen) atoms. The minimum absolute atomic E-state index is 0.0702. The Labute approximate surface area is 110 Å². The standard InChI is InChI=1S/C13H20N2O2S/c1-9-4-6-11(7-5-9)12(14)13(16)15-8-10(2)18(3)17/h4-7,10,12H,8,14H2,1-3H3,(H,15,16). The zero-order chi connectivity index (χ0) is 13.7. The molecule has 3 N–H and O–H groups in total. The molecule has 3 atom stereocenters. The van der Waals surface area contributed by atoms with Gasteiger partial charge in [-0.2, -0.15) is 0 Å². The fourth-order valence-corrected chi connectivity index (χ4v) is 1.71. The number of hydrogen-bond donors (Lipinski definition) is 2. The summed E-state index contributed by atoms with van der Waals surface area (Å²) >= 11 is 0. The van der Waals surface area contributed by atoms with E-state index in [9.17, 15) is 9.00 Å². The van der Waals surface area contributed by atoms with Crippen molar-refractivity contribution < 1.29 is 9.00 Å². The van der Waals surface area contributed by atoms with Crippen LogP contribution in [0.4, 0.5) is 0 Å². The highest BCUT2D eigenvalue weighted by molar-refractivity contribution is 7.84. The Morgan fingerprint density at radius 3 is 2.44 bits per heavy atom. The predicted octanol–water partition coefficient (Wildman–Crippen LogP) is 0.878. The predicted molar refractivity (Wildman–Crippen MR) is 74.6 cm³/mol. The van der Waals surface area contributed by atoms with Gasteiger partial charge in [-0.15, -0.1) is 0 Å². The van der Waals surface area contributed by atoms with Crippen LogP contribution in [-0.2, 0) is 15.6 Å². The van der Waals surface area contributed by atoms with E-state index in [0.29, 0.717) is 6.54 Å². The summed E-state index contributed by atoms with van der Waals surface area (Å²) < 4.78 is 11.2. The summed E-state index contributed by atoms with van der Waals surface area (Å²) in [6, 6.07) is 6.86. The lowest BCUT2D eigenvalue weighted by Crippen LogP contribution is -2.38. The number of nitrogens with two attached hydrogens (primary N) is 1. The summed E-state index contributed by atoms with van der Waals surface area (Å²) in [5.41, 5.74) is 7.77. The number of aryl methyl sites for hydroxylation is 1. The second kappa shape index (κ2) is 6.66. The van der Waals surface area contributed by atoms with E-state index in [-0.39, 0.29) is 11.2 Å². The van der Waals surface area contributed by atoms with Gasteiger partial charge in [0.2, 0.25) is 5.91 Å². The van der Waals surface area contributed by atoms with Crippen molar-refractivity contribution in [2.45, 2.75) is 25.1 Å². The van der Waals surface area contributed by atoms with E-state index in [1.807, 2.05) is 38.1 Å². The number of carbonyl (C=O) groups is 1. The van der Waals surface area contributed by atoms with Gasteiger partial charge in [0.1, 0.15) is 6.04 Å². The zero-order valence-corrected chi connectivity index (χ0v) is 11.8. The molecule has 1 aromatic rings. The highest BCUT2D eigenvalue weighted by Crippen LogP contribution is 2.11. The maximum Gasteiger partial charge on any atom is 0.241 e. The fourth-order valence-electron chi connectivity index (χ4n) is 1.40. The van der Waals surface area contributed by atoms with E-state index in [0.717, 1.165) is 11.1 Å². The monoisotopic (exact) mass is 268 g/mol. The molecule has 0 aliphatic carbocycles. The number of benzene rings is 1. The van der Waals surface area contributed by atoms with Crippen LogP contribution in [0.25, 0.3) is 0 Å². The Bertz CT molecular complexity index is 431. The van der Waals surface area contributed by atoms with Crippen molar-refractivity contribution in [3.63, 3.8) is 0 Å². The SMILES string of the molecule is Cc1ccc(C(N)C(=O)NCC(C)S(C)=O)cc1. The van der Waals surface area contributed by atoms with Crippen molar-refractivity contribution in [2.24, 2.45) is 5.73 Å². The van der Waals surface area contributed by atoms with Gasteiger partial charge in [0.25, 0.3) is 0 Å². The van der Waals surface area contributed by atoms with E-state index in [4.69, 9.17) is 5.73 Å². The van der Waals surface area contributed by atoms with E-state index < -0.39 is 16.8 Å². The summed E-state index contributed by atoms with van der Waals surface area (Å²) in [4.78, 5) is 11.8. The zero-order valence-electron chi connectivity index (χ0n) is 11.0. The molecule has 0 bridgehead atoms. The van der Waals surface area contributed by atoms with Gasteiger partial charge < -0.3 is 11.1 Å². The number of amides is 1. The summed E-state index contributed by atoms with van der Waals surface area (Å²) in [6.07, 6.45) is 1.62. The third kappa shape index (κ3) is 4.23. The maximum atomic E-state index is 11.8. The van der Waals surface area contributed by atoms with Crippen molar-refractivity contribution >= 4 is 16.7 Å². The maximum absolute atomic E-state index is 11.8. The van der Waals surface area contributed by atoms with Gasteiger partial charge in [0.15, 0.2) is 0 Å². The second-order valence-electron chi connectivity index (χ2n) is 4.44. The van der Waals surface area contributed by atoms with Crippen LogP contribution >= 0.6 is 0 Å². The first-order valence-corrected chi connectivity index (χ1v) is 7.46. The summed E-state index contributed by atoms with van der Waals surface area (Å²) in [7, 11) is -0.943. The Morgan fingerprint density at radius 1 is 1.39 bits per heavy atom. The first-order valence-electron chi connectivity index (χ1n) is 5.84. The lowest BCUT2D eigenvalue weighted by Gasteiger charge is -2.15. The van der Waals surface area contributed by atoms with Crippen LogP contribution in [0, 0.1) is 6.92 Å². The third-order valence-corrected chi connectivity index (χ3v) is 4.15. The Balaban J connectivity index is 2.56. The molecule has 0 aromatic heterocycles. The van der Waals surface area contributed by atoms with Gasteiger partial charge in [-0.3, -0.25) is 9.00 Å². The van der Waals surface area contributed by atoms with Crippen molar-refractivity contribution in [1.29, 1.82) is 0 Å². The molecule has 0 saturated heterocycles. The fraction of sp³-hybridized carbons (Fsp3) is 0.462. The van der Waals surface area contributed by atoms with Gasteiger partial charge in [-0.1, -0.05) is 29.8 Å². The minimum Gasteiger partial charge on any atom is -0.353 e. The smallest absolute Gasteiger partial charge is 0.241 e. The highest BCUT2D eigenvalue weighted by Gasteiger charge is 2.16. The lowest BCUT2D eigenvalue weighted by atomic mass is 10.1. The summed E-state index contributed by atoms with van der Waals surface area (Å²) in [6.45, 7) is 4.18. The number of hydrogen-bond acceptors (Lipinski definition) is 3. The molecule has 0 fully saturated rings. The Morgan fingerprint density at radius 2 is 1.94 bits per heavy atom. The molecule has 0 saturated carbocycles. The van der Waals surface area contributed by atoms with Crippen LogP contribution < -0.4 is 11.1 Å². The van der Waals surface area contributed by atoms with Crippen molar-refractivity contribution in [2.75, 3.05) is 12.8 Å². The summed E-state index contributed by atoms with van der Waals surface area (Å²) in [5.74, 6) is -0.240. The molecule has 0 spiro atoms. The van der Waals surface area contributed by atoms with Gasteiger partial charge in [-0.05, 0) is 19.4 Å². The Hall–Kier alpha value is -1.20.